The number of benzene rings is 2. The molecule has 0 saturated heterocycles. The molecule has 0 saturated carbocycles. The van der Waals surface area contributed by atoms with Gasteiger partial charge in [-0.1, -0.05) is 0 Å². The van der Waals surface area contributed by atoms with Crippen LogP contribution in [0.5, 0.6) is 5.75 Å². The molecule has 3 rings (SSSR count). The van der Waals surface area contributed by atoms with Gasteiger partial charge in [-0.2, -0.15) is 0 Å². The van der Waals surface area contributed by atoms with E-state index in [1.165, 1.54) is 0 Å². The number of nitrogen functional groups attached to an aromatic ring is 1. The fraction of sp³-hybridized carbons (Fsp3) is 0.278. The summed E-state index contributed by atoms with van der Waals surface area (Å²) in [4.78, 5) is 12.4. The first-order valence-corrected chi connectivity index (χ1v) is 7.59. The van der Waals surface area contributed by atoms with Crippen molar-refractivity contribution in [2.75, 3.05) is 5.73 Å². The van der Waals surface area contributed by atoms with Gasteiger partial charge in [-0.05, 0) is 50.2 Å². The van der Waals surface area contributed by atoms with Crippen molar-refractivity contribution in [1.29, 1.82) is 0 Å². The predicted octanol–water partition coefficient (Wildman–Crippen LogP) is 3.58. The fourth-order valence-corrected chi connectivity index (χ4v) is 2.91. The van der Waals surface area contributed by atoms with Gasteiger partial charge >= 0.3 is 0 Å². The molecule has 2 aromatic rings. The van der Waals surface area contributed by atoms with Gasteiger partial charge in [0, 0.05) is 17.7 Å². The lowest BCUT2D eigenvalue weighted by Gasteiger charge is -2.38. The average molecular weight is 332 g/mol. The predicted molar refractivity (Wildman–Crippen MR) is 86.7 cm³/mol. The van der Waals surface area contributed by atoms with Gasteiger partial charge in [0.15, 0.2) is 0 Å². The third kappa shape index (κ3) is 3.18. The van der Waals surface area contributed by atoms with Crippen LogP contribution in [0.4, 0.5) is 14.5 Å². The number of carbonyl (C=O) groups excluding carboxylic acids is 1. The normalized spacial score (nSPS) is 18.4. The van der Waals surface area contributed by atoms with E-state index >= 15 is 0 Å². The molecule has 1 aliphatic heterocycles. The zero-order valence-corrected chi connectivity index (χ0v) is 13.4. The number of hydrogen-bond donors (Lipinski definition) is 2. The first-order valence-electron chi connectivity index (χ1n) is 7.59. The summed E-state index contributed by atoms with van der Waals surface area (Å²) in [6.07, 6.45) is 0.478. The molecule has 2 aromatic carbocycles. The number of hydrogen-bond acceptors (Lipinski definition) is 3. The monoisotopic (exact) mass is 332 g/mol. The highest BCUT2D eigenvalue weighted by molar-refractivity contribution is 5.94. The van der Waals surface area contributed by atoms with E-state index < -0.39 is 29.2 Å². The van der Waals surface area contributed by atoms with Crippen molar-refractivity contribution >= 4 is 11.6 Å². The number of nitrogens with two attached hydrogens (primary N) is 1. The number of rotatable bonds is 2. The lowest BCUT2D eigenvalue weighted by Crippen LogP contribution is -2.41. The van der Waals surface area contributed by atoms with Crippen molar-refractivity contribution in [3.8, 4) is 5.75 Å². The van der Waals surface area contributed by atoms with Gasteiger partial charge in [0.2, 0.25) is 0 Å². The van der Waals surface area contributed by atoms with Crippen LogP contribution in [0.15, 0.2) is 36.4 Å². The fourth-order valence-electron chi connectivity index (χ4n) is 2.91. The Balaban J connectivity index is 1.93. The Bertz CT molecular complexity index is 806. The SMILES string of the molecule is CC1(C)CC(NC(=O)c2cc(F)ccc2F)c2cc(N)ccc2O1. The van der Waals surface area contributed by atoms with Crippen molar-refractivity contribution < 1.29 is 18.3 Å². The summed E-state index contributed by atoms with van der Waals surface area (Å²) in [6.45, 7) is 3.79. The van der Waals surface area contributed by atoms with Gasteiger partial charge in [0.1, 0.15) is 23.0 Å². The Morgan fingerprint density at radius 1 is 1.25 bits per heavy atom. The van der Waals surface area contributed by atoms with E-state index in [4.69, 9.17) is 10.5 Å². The lowest BCUT2D eigenvalue weighted by molar-refractivity contribution is 0.0619. The number of ether oxygens (including phenoxy) is 1. The van der Waals surface area contributed by atoms with Gasteiger partial charge in [0.25, 0.3) is 5.91 Å². The molecule has 1 unspecified atom stereocenters. The van der Waals surface area contributed by atoms with Crippen LogP contribution in [0.2, 0.25) is 0 Å². The highest BCUT2D eigenvalue weighted by Crippen LogP contribution is 2.40. The second-order valence-corrected chi connectivity index (χ2v) is 6.51. The van der Waals surface area contributed by atoms with Crippen molar-refractivity contribution in [3.63, 3.8) is 0 Å². The largest absolute Gasteiger partial charge is 0.487 e. The Labute approximate surface area is 138 Å². The molecule has 0 bridgehead atoms. The maximum Gasteiger partial charge on any atom is 0.254 e. The van der Waals surface area contributed by atoms with Crippen LogP contribution >= 0.6 is 0 Å². The second-order valence-electron chi connectivity index (χ2n) is 6.51. The van der Waals surface area contributed by atoms with Gasteiger partial charge in [-0.3, -0.25) is 4.79 Å². The molecule has 0 spiro atoms. The Kier molecular flexibility index (Phi) is 3.91. The summed E-state index contributed by atoms with van der Waals surface area (Å²) in [5, 5.41) is 2.76. The van der Waals surface area contributed by atoms with Crippen LogP contribution in [-0.4, -0.2) is 11.5 Å². The van der Waals surface area contributed by atoms with Crippen LogP contribution in [0, 0.1) is 11.6 Å². The Hall–Kier alpha value is -2.63. The maximum absolute atomic E-state index is 13.8. The van der Waals surface area contributed by atoms with Crippen LogP contribution in [0.25, 0.3) is 0 Å². The van der Waals surface area contributed by atoms with Crippen molar-refractivity contribution in [2.24, 2.45) is 0 Å². The van der Waals surface area contributed by atoms with Gasteiger partial charge < -0.3 is 15.8 Å². The number of amides is 1. The third-order valence-electron chi connectivity index (χ3n) is 3.97. The Morgan fingerprint density at radius 3 is 2.75 bits per heavy atom. The summed E-state index contributed by atoms with van der Waals surface area (Å²) in [5.74, 6) is -1.50. The topological polar surface area (TPSA) is 64.4 Å². The average Bonchev–Trinajstić information content (AvgIpc) is 2.49. The van der Waals surface area contributed by atoms with E-state index in [-0.39, 0.29) is 5.56 Å². The van der Waals surface area contributed by atoms with E-state index in [2.05, 4.69) is 5.32 Å². The molecule has 1 heterocycles. The molecule has 126 valence electrons. The minimum atomic E-state index is -0.770. The molecular formula is C18H18F2N2O2. The standard InChI is InChI=1S/C18H18F2N2O2/c1-18(2)9-15(13-8-11(21)4-6-16(13)24-18)22-17(23)12-7-10(19)3-5-14(12)20/h3-8,15H,9,21H2,1-2H3,(H,22,23). The molecule has 3 N–H and O–H groups in total. The molecule has 24 heavy (non-hydrogen) atoms. The van der Waals surface area contributed by atoms with Crippen molar-refractivity contribution in [3.05, 3.63) is 59.2 Å². The molecule has 1 amide bonds. The van der Waals surface area contributed by atoms with Gasteiger partial charge in [-0.25, -0.2) is 8.78 Å². The smallest absolute Gasteiger partial charge is 0.254 e. The summed E-state index contributed by atoms with van der Waals surface area (Å²) in [7, 11) is 0. The van der Waals surface area contributed by atoms with Gasteiger partial charge in [-0.15, -0.1) is 0 Å². The van der Waals surface area contributed by atoms with E-state index in [9.17, 15) is 13.6 Å². The zero-order chi connectivity index (χ0) is 17.5. The molecule has 0 aromatic heterocycles. The molecule has 1 aliphatic rings. The van der Waals surface area contributed by atoms with Crippen LogP contribution in [0.3, 0.4) is 0 Å². The summed E-state index contributed by atoms with van der Waals surface area (Å²) in [5.41, 5.74) is 6.24. The maximum atomic E-state index is 13.8. The van der Waals surface area contributed by atoms with Crippen LogP contribution < -0.4 is 15.8 Å². The molecule has 4 nitrogen and oxygen atoms in total. The van der Waals surface area contributed by atoms with Crippen LogP contribution in [-0.2, 0) is 0 Å². The molecular weight excluding hydrogens is 314 g/mol. The van der Waals surface area contributed by atoms with E-state index in [0.717, 1.165) is 23.8 Å². The molecule has 1 atom stereocenters. The summed E-state index contributed by atoms with van der Waals surface area (Å²) >= 11 is 0. The number of nitrogens with one attached hydrogen (secondary N) is 1. The minimum absolute atomic E-state index is 0.329. The number of carbonyl (C=O) groups is 1. The minimum Gasteiger partial charge on any atom is -0.487 e. The quantitative estimate of drug-likeness (QED) is 0.826. The molecule has 0 radical (unpaired) electrons. The van der Waals surface area contributed by atoms with E-state index in [1.54, 1.807) is 18.2 Å². The number of fused-ring (bicyclic) bond motifs is 1. The lowest BCUT2D eigenvalue weighted by atomic mass is 9.89. The number of halogens is 2. The Morgan fingerprint density at radius 2 is 2.00 bits per heavy atom. The first kappa shape index (κ1) is 16.2. The zero-order valence-electron chi connectivity index (χ0n) is 13.4. The summed E-state index contributed by atoms with van der Waals surface area (Å²) < 4.78 is 33.0. The highest BCUT2D eigenvalue weighted by atomic mass is 19.1. The van der Waals surface area contributed by atoms with Crippen molar-refractivity contribution in [2.45, 2.75) is 31.9 Å². The second kappa shape index (κ2) is 5.78. The van der Waals surface area contributed by atoms with E-state index in [0.29, 0.717) is 17.9 Å². The summed E-state index contributed by atoms with van der Waals surface area (Å²) in [6, 6.07) is 7.55. The van der Waals surface area contributed by atoms with Crippen molar-refractivity contribution in [1.82, 2.24) is 5.32 Å². The molecule has 6 heteroatoms. The number of anilines is 1. The highest BCUT2D eigenvalue weighted by Gasteiger charge is 2.35. The van der Waals surface area contributed by atoms with Gasteiger partial charge in [0.05, 0.1) is 11.6 Å². The van der Waals surface area contributed by atoms with E-state index in [1.807, 2.05) is 13.8 Å². The molecule has 0 fully saturated rings. The van der Waals surface area contributed by atoms with Crippen LogP contribution in [0.1, 0.15) is 42.2 Å². The third-order valence-corrected chi connectivity index (χ3v) is 3.97. The molecule has 0 aliphatic carbocycles. The first-order chi connectivity index (χ1) is 11.2.